The normalized spacial score (nSPS) is 10.1. The van der Waals surface area contributed by atoms with E-state index in [4.69, 9.17) is 15.2 Å². The average Bonchev–Trinajstić information content (AvgIpc) is 2.55. The largest absolute Gasteiger partial charge is 0.494 e. The lowest BCUT2D eigenvalue weighted by molar-refractivity contribution is -0.119. The molecule has 0 unspecified atom stereocenters. The highest BCUT2D eigenvalue weighted by Crippen LogP contribution is 2.16. The van der Waals surface area contributed by atoms with Gasteiger partial charge in [-0.2, -0.15) is 0 Å². The van der Waals surface area contributed by atoms with E-state index in [2.05, 4.69) is 5.32 Å². The van der Waals surface area contributed by atoms with Gasteiger partial charge >= 0.3 is 5.97 Å². The molecule has 2 rings (SSSR count). The van der Waals surface area contributed by atoms with Gasteiger partial charge in [0.1, 0.15) is 11.6 Å². The standard InChI is InChI=1S/C17H17FN2O4/c1-2-23-13-6-4-12(5-7-13)20-16(21)10-24-17(22)14-8-3-11(18)9-15(14)19/h3-9H,2,10,19H2,1H3,(H,20,21). The van der Waals surface area contributed by atoms with E-state index in [1.165, 1.54) is 6.07 Å². The van der Waals surface area contributed by atoms with Crippen LogP contribution in [0.25, 0.3) is 0 Å². The van der Waals surface area contributed by atoms with Crippen LogP contribution in [0.5, 0.6) is 5.75 Å². The summed E-state index contributed by atoms with van der Waals surface area (Å²) in [4.78, 5) is 23.6. The number of nitrogens with one attached hydrogen (secondary N) is 1. The summed E-state index contributed by atoms with van der Waals surface area (Å²) in [5.41, 5.74) is 6.04. The number of benzene rings is 2. The number of nitrogens with two attached hydrogens (primary N) is 1. The number of hydrogen-bond donors (Lipinski definition) is 2. The Morgan fingerprint density at radius 2 is 1.88 bits per heavy atom. The van der Waals surface area contributed by atoms with Crippen LogP contribution in [0.3, 0.4) is 0 Å². The molecule has 2 aromatic carbocycles. The Labute approximate surface area is 138 Å². The van der Waals surface area contributed by atoms with E-state index < -0.39 is 24.3 Å². The molecule has 7 heteroatoms. The number of carbonyl (C=O) groups is 2. The molecule has 6 nitrogen and oxygen atoms in total. The molecule has 0 bridgehead atoms. The molecular weight excluding hydrogens is 315 g/mol. The maximum atomic E-state index is 12.9. The molecule has 0 aliphatic carbocycles. The third-order valence-corrected chi connectivity index (χ3v) is 3.02. The van der Waals surface area contributed by atoms with Crippen LogP contribution in [-0.4, -0.2) is 25.1 Å². The number of esters is 1. The van der Waals surface area contributed by atoms with Crippen molar-refractivity contribution in [3.05, 3.63) is 53.8 Å². The van der Waals surface area contributed by atoms with Crippen molar-refractivity contribution in [3.63, 3.8) is 0 Å². The Balaban J connectivity index is 1.87. The van der Waals surface area contributed by atoms with Gasteiger partial charge in [0.05, 0.1) is 12.2 Å². The average molecular weight is 332 g/mol. The van der Waals surface area contributed by atoms with Crippen molar-refractivity contribution in [1.82, 2.24) is 0 Å². The first-order valence-corrected chi connectivity index (χ1v) is 7.24. The zero-order valence-corrected chi connectivity index (χ0v) is 13.0. The predicted octanol–water partition coefficient (Wildman–Crippen LogP) is 2.60. The highest BCUT2D eigenvalue weighted by Gasteiger charge is 2.14. The van der Waals surface area contributed by atoms with E-state index in [1.54, 1.807) is 24.3 Å². The minimum atomic E-state index is -0.797. The number of ether oxygens (including phenoxy) is 2. The van der Waals surface area contributed by atoms with Crippen molar-refractivity contribution in [3.8, 4) is 5.75 Å². The molecule has 0 aliphatic rings. The van der Waals surface area contributed by atoms with E-state index in [-0.39, 0.29) is 11.3 Å². The first kappa shape index (κ1) is 17.3. The van der Waals surface area contributed by atoms with Crippen LogP contribution in [0, 0.1) is 5.82 Å². The second-order valence-electron chi connectivity index (χ2n) is 4.81. The fourth-order valence-corrected chi connectivity index (χ4v) is 1.93. The zero-order valence-electron chi connectivity index (χ0n) is 13.0. The second kappa shape index (κ2) is 7.96. The quantitative estimate of drug-likeness (QED) is 0.627. The Bertz CT molecular complexity index is 732. The number of anilines is 2. The SMILES string of the molecule is CCOc1ccc(NC(=O)COC(=O)c2ccc(F)cc2N)cc1. The summed E-state index contributed by atoms with van der Waals surface area (Å²) in [6.45, 7) is 1.94. The monoisotopic (exact) mass is 332 g/mol. The molecular formula is C17H17FN2O4. The van der Waals surface area contributed by atoms with Crippen LogP contribution in [0.4, 0.5) is 15.8 Å². The topological polar surface area (TPSA) is 90.6 Å². The minimum Gasteiger partial charge on any atom is -0.494 e. The minimum absolute atomic E-state index is 0.00488. The summed E-state index contributed by atoms with van der Waals surface area (Å²) >= 11 is 0. The van der Waals surface area contributed by atoms with Gasteiger partial charge in [-0.15, -0.1) is 0 Å². The van der Waals surface area contributed by atoms with Crippen LogP contribution in [0.1, 0.15) is 17.3 Å². The van der Waals surface area contributed by atoms with Crippen molar-refractivity contribution in [1.29, 1.82) is 0 Å². The van der Waals surface area contributed by atoms with E-state index in [0.717, 1.165) is 12.1 Å². The van der Waals surface area contributed by atoms with Crippen LogP contribution < -0.4 is 15.8 Å². The smallest absolute Gasteiger partial charge is 0.340 e. The molecule has 0 atom stereocenters. The number of halogens is 1. The summed E-state index contributed by atoms with van der Waals surface area (Å²) in [6.07, 6.45) is 0. The number of amides is 1. The molecule has 0 saturated heterocycles. The lowest BCUT2D eigenvalue weighted by atomic mass is 10.2. The lowest BCUT2D eigenvalue weighted by Gasteiger charge is -2.09. The molecule has 1 amide bonds. The van der Waals surface area contributed by atoms with E-state index in [1.807, 2.05) is 6.92 Å². The van der Waals surface area contributed by atoms with Crippen molar-refractivity contribution < 1.29 is 23.5 Å². The lowest BCUT2D eigenvalue weighted by Crippen LogP contribution is -2.21. The third-order valence-electron chi connectivity index (χ3n) is 3.02. The molecule has 0 heterocycles. The fourth-order valence-electron chi connectivity index (χ4n) is 1.93. The molecule has 0 aliphatic heterocycles. The summed E-state index contributed by atoms with van der Waals surface area (Å²) in [7, 11) is 0. The maximum absolute atomic E-state index is 12.9. The molecule has 24 heavy (non-hydrogen) atoms. The van der Waals surface area contributed by atoms with Crippen molar-refractivity contribution >= 4 is 23.3 Å². The van der Waals surface area contributed by atoms with Gasteiger partial charge in [-0.25, -0.2) is 9.18 Å². The highest BCUT2D eigenvalue weighted by molar-refractivity contribution is 5.98. The third kappa shape index (κ3) is 4.70. The van der Waals surface area contributed by atoms with Crippen molar-refractivity contribution in [2.24, 2.45) is 0 Å². The number of hydrogen-bond acceptors (Lipinski definition) is 5. The summed E-state index contributed by atoms with van der Waals surface area (Å²) in [5, 5.41) is 2.58. The van der Waals surface area contributed by atoms with Crippen LogP contribution in [0.15, 0.2) is 42.5 Å². The zero-order chi connectivity index (χ0) is 17.5. The number of carbonyl (C=O) groups excluding carboxylic acids is 2. The fraction of sp³-hybridized carbons (Fsp3) is 0.176. The van der Waals surface area contributed by atoms with Gasteiger partial charge in [0, 0.05) is 11.4 Å². The van der Waals surface area contributed by atoms with Crippen LogP contribution in [-0.2, 0) is 9.53 Å². The maximum Gasteiger partial charge on any atom is 0.340 e. The Hall–Kier alpha value is -3.09. The van der Waals surface area contributed by atoms with Crippen molar-refractivity contribution in [2.75, 3.05) is 24.3 Å². The number of rotatable bonds is 6. The van der Waals surface area contributed by atoms with Crippen LogP contribution in [0.2, 0.25) is 0 Å². The van der Waals surface area contributed by atoms with Gasteiger partial charge in [0.2, 0.25) is 0 Å². The highest BCUT2D eigenvalue weighted by atomic mass is 19.1. The predicted molar refractivity (Wildman–Crippen MR) is 87.3 cm³/mol. The second-order valence-corrected chi connectivity index (χ2v) is 4.81. The number of nitrogen functional groups attached to an aromatic ring is 1. The van der Waals surface area contributed by atoms with Gasteiger partial charge < -0.3 is 20.5 Å². The van der Waals surface area contributed by atoms with Gasteiger partial charge in [0.15, 0.2) is 6.61 Å². The summed E-state index contributed by atoms with van der Waals surface area (Å²) in [6, 6.07) is 10.1. The van der Waals surface area contributed by atoms with E-state index in [0.29, 0.717) is 18.0 Å². The van der Waals surface area contributed by atoms with Gasteiger partial charge in [-0.1, -0.05) is 0 Å². The Morgan fingerprint density at radius 1 is 1.17 bits per heavy atom. The van der Waals surface area contributed by atoms with Gasteiger partial charge in [-0.05, 0) is 49.4 Å². The molecule has 0 radical (unpaired) electrons. The first-order valence-electron chi connectivity index (χ1n) is 7.24. The molecule has 0 aromatic heterocycles. The summed E-state index contributed by atoms with van der Waals surface area (Å²) < 4.78 is 23.1. The molecule has 126 valence electrons. The Morgan fingerprint density at radius 3 is 2.50 bits per heavy atom. The van der Waals surface area contributed by atoms with E-state index in [9.17, 15) is 14.0 Å². The Kier molecular flexibility index (Phi) is 5.73. The van der Waals surface area contributed by atoms with Gasteiger partial charge in [0.25, 0.3) is 5.91 Å². The molecule has 2 aromatic rings. The van der Waals surface area contributed by atoms with Gasteiger partial charge in [-0.3, -0.25) is 4.79 Å². The van der Waals surface area contributed by atoms with Crippen LogP contribution >= 0.6 is 0 Å². The van der Waals surface area contributed by atoms with Crippen molar-refractivity contribution in [2.45, 2.75) is 6.92 Å². The molecule has 3 N–H and O–H groups in total. The van der Waals surface area contributed by atoms with E-state index >= 15 is 0 Å². The molecule has 0 spiro atoms. The first-order chi connectivity index (χ1) is 11.5. The summed E-state index contributed by atoms with van der Waals surface area (Å²) in [5.74, 6) is -1.17. The molecule has 0 saturated carbocycles. The molecule has 0 fully saturated rings.